The highest BCUT2D eigenvalue weighted by atomic mass is 32.2. The van der Waals surface area contributed by atoms with Crippen molar-refractivity contribution >= 4 is 44.9 Å². The van der Waals surface area contributed by atoms with Crippen LogP contribution in [0.3, 0.4) is 0 Å². The van der Waals surface area contributed by atoms with E-state index in [0.29, 0.717) is 10.6 Å². The van der Waals surface area contributed by atoms with Crippen LogP contribution in [0.1, 0.15) is 28.1 Å². The van der Waals surface area contributed by atoms with Crippen LogP contribution in [-0.2, 0) is 0 Å². The zero-order chi connectivity index (χ0) is 14.1. The number of aryl methyl sites for hydroxylation is 1. The molecule has 3 rings (SSSR count). The van der Waals surface area contributed by atoms with E-state index in [1.807, 2.05) is 24.8 Å². The van der Waals surface area contributed by atoms with Gasteiger partial charge < -0.3 is 11.1 Å². The van der Waals surface area contributed by atoms with Crippen LogP contribution in [0.4, 0.5) is 5.69 Å². The number of anilines is 1. The molecule has 0 bridgehead atoms. The molecule has 1 aliphatic rings. The minimum absolute atomic E-state index is 0.0580. The molecule has 0 aromatic carbocycles. The van der Waals surface area contributed by atoms with E-state index in [0.717, 1.165) is 34.4 Å². The molecule has 2 aromatic heterocycles. The molecule has 4 nitrogen and oxygen atoms in total. The van der Waals surface area contributed by atoms with Crippen molar-refractivity contribution in [2.24, 2.45) is 0 Å². The molecule has 1 saturated heterocycles. The van der Waals surface area contributed by atoms with E-state index >= 15 is 0 Å². The zero-order valence-corrected chi connectivity index (χ0v) is 12.9. The number of rotatable bonds is 2. The van der Waals surface area contributed by atoms with E-state index in [2.05, 4.69) is 10.3 Å². The van der Waals surface area contributed by atoms with Crippen LogP contribution >= 0.6 is 23.1 Å². The first-order chi connectivity index (χ1) is 9.66. The van der Waals surface area contributed by atoms with Gasteiger partial charge in [-0.15, -0.1) is 11.3 Å². The van der Waals surface area contributed by atoms with Gasteiger partial charge in [-0.2, -0.15) is 11.8 Å². The van der Waals surface area contributed by atoms with E-state index in [9.17, 15) is 4.79 Å². The lowest BCUT2D eigenvalue weighted by Gasteiger charge is -2.22. The molecule has 0 saturated carbocycles. The number of carbonyl (C=O) groups is 1. The SMILES string of the molecule is Cc1ccnc2sc(C(=O)NC3CCCSC3)c(N)c12. The number of carbonyl (C=O) groups excluding carboxylic acids is 1. The van der Waals surface area contributed by atoms with Crippen LogP contribution < -0.4 is 11.1 Å². The molecule has 0 spiro atoms. The number of thiophene rings is 1. The van der Waals surface area contributed by atoms with Crippen molar-refractivity contribution in [2.45, 2.75) is 25.8 Å². The summed E-state index contributed by atoms with van der Waals surface area (Å²) in [4.78, 5) is 18.1. The average molecular weight is 307 g/mol. The largest absolute Gasteiger partial charge is 0.397 e. The zero-order valence-electron chi connectivity index (χ0n) is 11.3. The first-order valence-corrected chi connectivity index (χ1v) is 8.66. The highest BCUT2D eigenvalue weighted by Crippen LogP contribution is 2.34. The fraction of sp³-hybridized carbons (Fsp3) is 0.429. The Labute approximate surface area is 126 Å². The first-order valence-electron chi connectivity index (χ1n) is 6.69. The predicted molar refractivity (Wildman–Crippen MR) is 86.6 cm³/mol. The highest BCUT2D eigenvalue weighted by Gasteiger charge is 2.22. The molecule has 1 aliphatic heterocycles. The molecule has 0 radical (unpaired) electrons. The fourth-order valence-electron chi connectivity index (χ4n) is 2.48. The third-order valence-electron chi connectivity index (χ3n) is 3.54. The minimum Gasteiger partial charge on any atom is -0.397 e. The third-order valence-corrected chi connectivity index (χ3v) is 5.87. The fourth-order valence-corrected chi connectivity index (χ4v) is 4.59. The van der Waals surface area contributed by atoms with Crippen molar-refractivity contribution in [2.75, 3.05) is 17.2 Å². The quantitative estimate of drug-likeness (QED) is 0.895. The number of hydrogen-bond acceptors (Lipinski definition) is 5. The van der Waals surface area contributed by atoms with Crippen LogP contribution in [0.15, 0.2) is 12.3 Å². The Morgan fingerprint density at radius 2 is 2.40 bits per heavy atom. The maximum Gasteiger partial charge on any atom is 0.263 e. The van der Waals surface area contributed by atoms with E-state index in [1.165, 1.54) is 17.1 Å². The molecular weight excluding hydrogens is 290 g/mol. The van der Waals surface area contributed by atoms with Crippen molar-refractivity contribution in [1.82, 2.24) is 10.3 Å². The summed E-state index contributed by atoms with van der Waals surface area (Å²) < 4.78 is 0. The minimum atomic E-state index is -0.0580. The Balaban J connectivity index is 1.87. The molecule has 6 heteroatoms. The molecule has 106 valence electrons. The summed E-state index contributed by atoms with van der Waals surface area (Å²) in [5.41, 5.74) is 7.78. The number of nitrogen functional groups attached to an aromatic ring is 1. The van der Waals surface area contributed by atoms with Crippen LogP contribution in [0, 0.1) is 6.92 Å². The number of amides is 1. The normalized spacial score (nSPS) is 19.1. The second-order valence-electron chi connectivity index (χ2n) is 5.04. The first kappa shape index (κ1) is 13.7. The molecule has 1 fully saturated rings. The number of nitrogens with two attached hydrogens (primary N) is 1. The standard InChI is InChI=1S/C14H17N3OS2/c1-8-4-5-16-14-10(8)11(15)12(20-14)13(18)17-9-3-2-6-19-7-9/h4-5,9H,2-3,6-7,15H2,1H3,(H,17,18). The maximum atomic E-state index is 12.4. The highest BCUT2D eigenvalue weighted by molar-refractivity contribution is 7.99. The molecule has 0 aliphatic carbocycles. The number of hydrogen-bond donors (Lipinski definition) is 2. The van der Waals surface area contributed by atoms with Crippen LogP contribution in [0.25, 0.3) is 10.2 Å². The topological polar surface area (TPSA) is 68.0 Å². The summed E-state index contributed by atoms with van der Waals surface area (Å²) in [6.45, 7) is 1.99. The van der Waals surface area contributed by atoms with Gasteiger partial charge in [-0.3, -0.25) is 4.79 Å². The number of thioether (sulfide) groups is 1. The van der Waals surface area contributed by atoms with Crippen LogP contribution in [0.2, 0.25) is 0 Å². The maximum absolute atomic E-state index is 12.4. The predicted octanol–water partition coefficient (Wildman–Crippen LogP) is 2.81. The lowest BCUT2D eigenvalue weighted by Crippen LogP contribution is -2.38. The lowest BCUT2D eigenvalue weighted by molar-refractivity contribution is 0.0943. The van der Waals surface area contributed by atoms with Gasteiger partial charge in [-0.1, -0.05) is 0 Å². The Bertz CT molecular complexity index is 647. The Hall–Kier alpha value is -1.27. The van der Waals surface area contributed by atoms with Crippen molar-refractivity contribution < 1.29 is 4.79 Å². The van der Waals surface area contributed by atoms with E-state index in [4.69, 9.17) is 5.73 Å². The van der Waals surface area contributed by atoms with Crippen LogP contribution in [0.5, 0.6) is 0 Å². The Morgan fingerprint density at radius 1 is 1.55 bits per heavy atom. The number of nitrogens with one attached hydrogen (secondary N) is 1. The molecular formula is C14H17N3OS2. The number of fused-ring (bicyclic) bond motifs is 1. The van der Waals surface area contributed by atoms with Gasteiger partial charge in [0.15, 0.2) is 0 Å². The van der Waals surface area contributed by atoms with Gasteiger partial charge in [0.1, 0.15) is 9.71 Å². The second-order valence-corrected chi connectivity index (χ2v) is 7.19. The van der Waals surface area contributed by atoms with Crippen molar-refractivity contribution in [3.8, 4) is 0 Å². The van der Waals surface area contributed by atoms with Gasteiger partial charge in [-0.05, 0) is 37.1 Å². The van der Waals surface area contributed by atoms with Gasteiger partial charge in [0.05, 0.1) is 5.69 Å². The van der Waals surface area contributed by atoms with E-state index in [-0.39, 0.29) is 11.9 Å². The van der Waals surface area contributed by atoms with E-state index < -0.39 is 0 Å². The van der Waals surface area contributed by atoms with Gasteiger partial charge in [0.2, 0.25) is 0 Å². The van der Waals surface area contributed by atoms with Crippen molar-refractivity contribution in [3.63, 3.8) is 0 Å². The molecule has 1 unspecified atom stereocenters. The smallest absolute Gasteiger partial charge is 0.263 e. The molecule has 2 aromatic rings. The van der Waals surface area contributed by atoms with Gasteiger partial charge in [-0.25, -0.2) is 4.98 Å². The van der Waals surface area contributed by atoms with Gasteiger partial charge in [0.25, 0.3) is 5.91 Å². The monoisotopic (exact) mass is 307 g/mol. The van der Waals surface area contributed by atoms with Crippen molar-refractivity contribution in [1.29, 1.82) is 0 Å². The molecule has 3 N–H and O–H groups in total. The average Bonchev–Trinajstić information content (AvgIpc) is 2.79. The van der Waals surface area contributed by atoms with Crippen molar-refractivity contribution in [3.05, 3.63) is 22.7 Å². The number of pyridine rings is 1. The lowest BCUT2D eigenvalue weighted by atomic mass is 10.1. The molecule has 20 heavy (non-hydrogen) atoms. The summed E-state index contributed by atoms with van der Waals surface area (Å²) in [5, 5.41) is 4.02. The Morgan fingerprint density at radius 3 is 3.10 bits per heavy atom. The number of nitrogens with zero attached hydrogens (tertiary/aromatic N) is 1. The molecule has 3 heterocycles. The third kappa shape index (κ3) is 2.50. The summed E-state index contributed by atoms with van der Waals surface area (Å²) >= 11 is 3.28. The van der Waals surface area contributed by atoms with E-state index in [1.54, 1.807) is 6.20 Å². The molecule has 1 atom stereocenters. The van der Waals surface area contributed by atoms with Gasteiger partial charge in [0, 0.05) is 23.4 Å². The summed E-state index contributed by atoms with van der Waals surface area (Å²) in [7, 11) is 0. The second kappa shape index (κ2) is 5.61. The Kier molecular flexibility index (Phi) is 3.85. The van der Waals surface area contributed by atoms with Crippen LogP contribution in [-0.4, -0.2) is 28.4 Å². The van der Waals surface area contributed by atoms with Gasteiger partial charge >= 0.3 is 0 Å². The number of aromatic nitrogens is 1. The summed E-state index contributed by atoms with van der Waals surface area (Å²) in [5.74, 6) is 2.13. The molecule has 1 amide bonds. The summed E-state index contributed by atoms with van der Waals surface area (Å²) in [6, 6.07) is 2.19. The summed E-state index contributed by atoms with van der Waals surface area (Å²) in [6.07, 6.45) is 3.98.